The number of rotatable bonds is 6. The van der Waals surface area contributed by atoms with Gasteiger partial charge >= 0.3 is 0 Å². The van der Waals surface area contributed by atoms with Crippen LogP contribution in [0.15, 0.2) is 85.1 Å². The summed E-state index contributed by atoms with van der Waals surface area (Å²) >= 11 is 12.8. The van der Waals surface area contributed by atoms with Crippen LogP contribution in [0.3, 0.4) is 0 Å². The summed E-state index contributed by atoms with van der Waals surface area (Å²) in [6.45, 7) is 1.41. The standard InChI is InChI=1S/C29H27Cl2N3O/c30-25-10-6-11-26(31)28(25)29(35)34-16-14-22(18-23(34)17-20-7-2-1-3-8-20)33-19-21-13-15-32-27-12-5-4-9-24(21)27/h1-13,15,22-23,33H,14,16-19H2. The number of benzene rings is 3. The van der Waals surface area contributed by atoms with Gasteiger partial charge in [0.25, 0.3) is 5.91 Å². The van der Waals surface area contributed by atoms with Crippen molar-refractivity contribution in [3.05, 3.63) is 112 Å². The minimum absolute atomic E-state index is 0.0395. The van der Waals surface area contributed by atoms with Crippen LogP contribution in [0.5, 0.6) is 0 Å². The third kappa shape index (κ3) is 5.35. The molecule has 1 saturated heterocycles. The fourth-order valence-corrected chi connectivity index (χ4v) is 5.55. The van der Waals surface area contributed by atoms with Crippen molar-refractivity contribution < 1.29 is 4.79 Å². The summed E-state index contributed by atoms with van der Waals surface area (Å²) in [4.78, 5) is 20.0. The fourth-order valence-electron chi connectivity index (χ4n) is 4.99. The van der Waals surface area contributed by atoms with E-state index in [1.54, 1.807) is 18.2 Å². The van der Waals surface area contributed by atoms with Crippen LogP contribution in [0.1, 0.15) is 34.3 Å². The minimum Gasteiger partial charge on any atom is -0.335 e. The molecule has 4 aromatic rings. The molecule has 0 aliphatic carbocycles. The van der Waals surface area contributed by atoms with Crippen molar-refractivity contribution in [3.8, 4) is 0 Å². The normalized spacial score (nSPS) is 18.1. The molecule has 2 unspecified atom stereocenters. The number of para-hydroxylation sites is 1. The van der Waals surface area contributed by atoms with E-state index in [1.165, 1.54) is 16.5 Å². The van der Waals surface area contributed by atoms with E-state index >= 15 is 0 Å². The Bertz CT molecular complexity index is 1300. The number of nitrogens with zero attached hydrogens (tertiary/aromatic N) is 2. The molecule has 5 rings (SSSR count). The molecule has 2 heterocycles. The van der Waals surface area contributed by atoms with E-state index in [9.17, 15) is 4.79 Å². The summed E-state index contributed by atoms with van der Waals surface area (Å²) in [5.41, 5.74) is 3.84. The highest BCUT2D eigenvalue weighted by Crippen LogP contribution is 2.30. The number of hydrogen-bond donors (Lipinski definition) is 1. The fraction of sp³-hybridized carbons (Fsp3) is 0.241. The molecule has 1 aliphatic rings. The van der Waals surface area contributed by atoms with Crippen LogP contribution < -0.4 is 5.32 Å². The molecule has 1 aliphatic heterocycles. The van der Waals surface area contributed by atoms with E-state index in [-0.39, 0.29) is 11.9 Å². The number of amides is 1. The van der Waals surface area contributed by atoms with Gasteiger partial charge in [-0.05, 0) is 54.7 Å². The van der Waals surface area contributed by atoms with Gasteiger partial charge in [-0.15, -0.1) is 0 Å². The molecule has 1 N–H and O–H groups in total. The Balaban J connectivity index is 1.35. The van der Waals surface area contributed by atoms with E-state index in [4.69, 9.17) is 23.2 Å². The maximum Gasteiger partial charge on any atom is 0.257 e. The second-order valence-electron chi connectivity index (χ2n) is 9.03. The third-order valence-corrected chi connectivity index (χ3v) is 7.42. The molecule has 0 spiro atoms. The van der Waals surface area contributed by atoms with Crippen molar-refractivity contribution >= 4 is 40.0 Å². The molecule has 0 saturated carbocycles. The number of aromatic nitrogens is 1. The van der Waals surface area contributed by atoms with Gasteiger partial charge in [0.15, 0.2) is 0 Å². The lowest BCUT2D eigenvalue weighted by Crippen LogP contribution is -2.51. The minimum atomic E-state index is -0.0971. The van der Waals surface area contributed by atoms with Gasteiger partial charge in [-0.25, -0.2) is 0 Å². The highest BCUT2D eigenvalue weighted by molar-refractivity contribution is 6.39. The van der Waals surface area contributed by atoms with Crippen molar-refractivity contribution in [3.63, 3.8) is 0 Å². The van der Waals surface area contributed by atoms with Crippen LogP contribution >= 0.6 is 23.2 Å². The Morgan fingerprint density at radius 3 is 2.49 bits per heavy atom. The average molecular weight is 504 g/mol. The second-order valence-corrected chi connectivity index (χ2v) is 9.84. The van der Waals surface area contributed by atoms with Crippen LogP contribution in [0, 0.1) is 0 Å². The van der Waals surface area contributed by atoms with Crippen molar-refractivity contribution in [2.24, 2.45) is 0 Å². The van der Waals surface area contributed by atoms with Crippen LogP contribution in [0.25, 0.3) is 10.9 Å². The first-order valence-corrected chi connectivity index (χ1v) is 12.7. The quantitative estimate of drug-likeness (QED) is 0.324. The Kier molecular flexibility index (Phi) is 7.33. The van der Waals surface area contributed by atoms with Gasteiger partial charge < -0.3 is 10.2 Å². The number of piperidine rings is 1. The van der Waals surface area contributed by atoms with Crippen molar-refractivity contribution in [2.75, 3.05) is 6.54 Å². The summed E-state index contributed by atoms with van der Waals surface area (Å²) < 4.78 is 0. The van der Waals surface area contributed by atoms with E-state index < -0.39 is 0 Å². The first-order valence-electron chi connectivity index (χ1n) is 11.9. The zero-order chi connectivity index (χ0) is 24.2. The van der Waals surface area contributed by atoms with E-state index in [2.05, 4.69) is 34.6 Å². The molecule has 1 fully saturated rings. The van der Waals surface area contributed by atoms with E-state index in [0.717, 1.165) is 31.3 Å². The Morgan fingerprint density at radius 2 is 1.69 bits per heavy atom. The largest absolute Gasteiger partial charge is 0.335 e. The molecule has 2 atom stereocenters. The highest BCUT2D eigenvalue weighted by atomic mass is 35.5. The summed E-state index contributed by atoms with van der Waals surface area (Å²) in [6.07, 6.45) is 4.37. The number of likely N-dealkylation sites (tertiary alicyclic amines) is 1. The molecule has 35 heavy (non-hydrogen) atoms. The summed E-state index contributed by atoms with van der Waals surface area (Å²) in [7, 11) is 0. The molecule has 3 aromatic carbocycles. The van der Waals surface area contributed by atoms with Crippen molar-refractivity contribution in [1.29, 1.82) is 0 Å². The Morgan fingerprint density at radius 1 is 0.943 bits per heavy atom. The Hall–Kier alpha value is -2.92. The third-order valence-electron chi connectivity index (χ3n) is 6.79. The van der Waals surface area contributed by atoms with Gasteiger partial charge in [-0.2, -0.15) is 0 Å². The molecular weight excluding hydrogens is 477 g/mol. The van der Waals surface area contributed by atoms with Crippen LogP contribution in [0.2, 0.25) is 10.0 Å². The lowest BCUT2D eigenvalue weighted by atomic mass is 9.91. The number of nitrogens with one attached hydrogen (secondary N) is 1. The number of carbonyl (C=O) groups is 1. The molecule has 6 heteroatoms. The number of fused-ring (bicyclic) bond motifs is 1. The van der Waals surface area contributed by atoms with E-state index in [1.807, 2.05) is 47.5 Å². The maximum atomic E-state index is 13.6. The predicted molar refractivity (Wildman–Crippen MR) is 143 cm³/mol. The number of halogens is 2. The van der Waals surface area contributed by atoms with Crippen molar-refractivity contribution in [1.82, 2.24) is 15.2 Å². The van der Waals surface area contributed by atoms with Gasteiger partial charge in [0.2, 0.25) is 0 Å². The topological polar surface area (TPSA) is 45.2 Å². The van der Waals surface area contributed by atoms with Crippen LogP contribution in [0.4, 0.5) is 0 Å². The highest BCUT2D eigenvalue weighted by Gasteiger charge is 2.33. The smallest absolute Gasteiger partial charge is 0.257 e. The molecular formula is C29H27Cl2N3O. The SMILES string of the molecule is O=C(c1c(Cl)cccc1Cl)N1CCC(NCc2ccnc3ccccc23)CC1Cc1ccccc1. The number of hydrogen-bond acceptors (Lipinski definition) is 3. The molecule has 4 nitrogen and oxygen atoms in total. The van der Waals surface area contributed by atoms with Gasteiger partial charge in [-0.1, -0.05) is 77.8 Å². The molecule has 1 amide bonds. The maximum absolute atomic E-state index is 13.6. The number of pyridine rings is 1. The zero-order valence-electron chi connectivity index (χ0n) is 19.3. The summed E-state index contributed by atoms with van der Waals surface area (Å²) in [5.74, 6) is -0.0971. The molecule has 178 valence electrons. The lowest BCUT2D eigenvalue weighted by molar-refractivity contribution is 0.0577. The van der Waals surface area contributed by atoms with Gasteiger partial charge in [0.1, 0.15) is 0 Å². The lowest BCUT2D eigenvalue weighted by Gasteiger charge is -2.40. The summed E-state index contributed by atoms with van der Waals surface area (Å²) in [5, 5.41) is 5.71. The van der Waals surface area contributed by atoms with Crippen molar-refractivity contribution in [2.45, 2.75) is 37.9 Å². The molecule has 1 aromatic heterocycles. The molecule has 0 bridgehead atoms. The molecule has 0 radical (unpaired) electrons. The van der Waals surface area contributed by atoms with Crippen LogP contribution in [-0.2, 0) is 13.0 Å². The number of carbonyl (C=O) groups excluding carboxylic acids is 1. The van der Waals surface area contributed by atoms with Gasteiger partial charge in [-0.3, -0.25) is 9.78 Å². The second kappa shape index (κ2) is 10.8. The monoisotopic (exact) mass is 503 g/mol. The zero-order valence-corrected chi connectivity index (χ0v) is 20.8. The van der Waals surface area contributed by atoms with Gasteiger partial charge in [0.05, 0.1) is 21.1 Å². The van der Waals surface area contributed by atoms with E-state index in [0.29, 0.717) is 28.2 Å². The summed E-state index contributed by atoms with van der Waals surface area (Å²) in [6, 6.07) is 26.2. The first-order chi connectivity index (χ1) is 17.1. The average Bonchev–Trinajstić information content (AvgIpc) is 2.88. The first kappa shape index (κ1) is 23.8. The van der Waals surface area contributed by atoms with Gasteiger partial charge in [0, 0.05) is 36.8 Å². The van der Waals surface area contributed by atoms with Crippen LogP contribution in [-0.4, -0.2) is 34.4 Å². The Labute approximate surface area is 215 Å². The predicted octanol–water partition coefficient (Wildman–Crippen LogP) is 6.55.